The lowest BCUT2D eigenvalue weighted by molar-refractivity contribution is 0.0354. The number of nitrogens with zero attached hydrogens (tertiary/aromatic N) is 4. The molecule has 0 atom stereocenters. The van der Waals surface area contributed by atoms with Crippen molar-refractivity contribution in [2.24, 2.45) is 0 Å². The molecule has 2 heterocycles. The Morgan fingerprint density at radius 3 is 2.32 bits per heavy atom. The Morgan fingerprint density at radius 2 is 1.82 bits per heavy atom. The van der Waals surface area contributed by atoms with Crippen LogP contribution in [0.2, 0.25) is 0 Å². The van der Waals surface area contributed by atoms with Gasteiger partial charge in [-0.1, -0.05) is 13.8 Å². The summed E-state index contributed by atoms with van der Waals surface area (Å²) in [6.07, 6.45) is -0.634. The first-order chi connectivity index (χ1) is 10.3. The molecule has 122 valence electrons. The van der Waals surface area contributed by atoms with Gasteiger partial charge in [-0.3, -0.25) is 4.90 Å². The van der Waals surface area contributed by atoms with Crippen molar-refractivity contribution in [1.29, 1.82) is 0 Å². The van der Waals surface area contributed by atoms with E-state index in [4.69, 9.17) is 4.74 Å². The number of hydrogen-bond acceptors (Lipinski definition) is 5. The Hall–Kier alpha value is -2.18. The maximum atomic E-state index is 12.2. The van der Waals surface area contributed by atoms with E-state index in [9.17, 15) is 9.59 Å². The highest BCUT2D eigenvalue weighted by Crippen LogP contribution is 2.19. The van der Waals surface area contributed by atoms with Crippen LogP contribution in [0.1, 0.15) is 40.3 Å². The van der Waals surface area contributed by atoms with E-state index in [2.05, 4.69) is 10.2 Å². The highest BCUT2D eigenvalue weighted by atomic mass is 16.6. The largest absolute Gasteiger partial charge is 0.443 e. The number of aromatic nitrogens is 2. The van der Waals surface area contributed by atoms with Gasteiger partial charge in [-0.15, -0.1) is 5.10 Å². The number of carbonyl (C=O) groups excluding carboxylic acids is 2. The second-order valence-corrected chi connectivity index (χ2v) is 5.60. The van der Waals surface area contributed by atoms with Crippen LogP contribution in [-0.2, 0) is 4.74 Å². The molecule has 0 spiro atoms. The van der Waals surface area contributed by atoms with Gasteiger partial charge in [-0.25, -0.2) is 14.5 Å². The zero-order valence-corrected chi connectivity index (χ0v) is 14.1. The van der Waals surface area contributed by atoms with Gasteiger partial charge in [0.05, 0.1) is 12.2 Å². The van der Waals surface area contributed by atoms with Crippen LogP contribution in [-0.4, -0.2) is 45.9 Å². The minimum absolute atomic E-state index is 0.281. The Labute approximate surface area is 131 Å². The molecule has 1 saturated heterocycles. The monoisotopic (exact) mass is 308 g/mol. The molecule has 0 bridgehead atoms. The summed E-state index contributed by atoms with van der Waals surface area (Å²) in [4.78, 5) is 26.6. The highest BCUT2D eigenvalue weighted by molar-refractivity contribution is 6.02. The standard InChI is InChI=1S/C13H18N4O3.C2H6/c1-9-5-6-10(15-14-9)16-7-8-17(11(16)18)12(19)20-13(2,3)4;1-2/h5-6H,7-8H2,1-4H3;1-2H3. The minimum atomic E-state index is -0.634. The van der Waals surface area contributed by atoms with Crippen molar-refractivity contribution < 1.29 is 14.3 Å². The van der Waals surface area contributed by atoms with E-state index in [0.717, 1.165) is 10.6 Å². The predicted octanol–water partition coefficient (Wildman–Crippen LogP) is 2.99. The van der Waals surface area contributed by atoms with E-state index in [1.54, 1.807) is 32.9 Å². The fourth-order valence-corrected chi connectivity index (χ4v) is 1.77. The summed E-state index contributed by atoms with van der Waals surface area (Å²) in [5, 5.41) is 7.86. The summed E-state index contributed by atoms with van der Waals surface area (Å²) in [5.74, 6) is 0.437. The molecule has 1 aromatic rings. The third-order valence-electron chi connectivity index (χ3n) is 2.68. The smallest absolute Gasteiger partial charge is 0.418 e. The normalized spacial score (nSPS) is 14.5. The quantitative estimate of drug-likeness (QED) is 0.797. The fourth-order valence-electron chi connectivity index (χ4n) is 1.77. The molecule has 7 nitrogen and oxygen atoms in total. The summed E-state index contributed by atoms with van der Waals surface area (Å²) in [5.41, 5.74) is 0.137. The van der Waals surface area contributed by atoms with Gasteiger partial charge in [0.15, 0.2) is 5.82 Å². The maximum absolute atomic E-state index is 12.2. The molecule has 3 amide bonds. The maximum Gasteiger partial charge on any atom is 0.418 e. The number of anilines is 1. The Bertz CT molecular complexity index is 523. The number of hydrogen-bond donors (Lipinski definition) is 0. The van der Waals surface area contributed by atoms with Gasteiger partial charge < -0.3 is 4.74 Å². The topological polar surface area (TPSA) is 75.6 Å². The molecule has 1 aliphatic heterocycles. The molecule has 0 saturated carbocycles. The van der Waals surface area contributed by atoms with Gasteiger partial charge in [0.1, 0.15) is 5.60 Å². The van der Waals surface area contributed by atoms with Gasteiger partial charge >= 0.3 is 12.1 Å². The minimum Gasteiger partial charge on any atom is -0.443 e. The van der Waals surface area contributed by atoms with Crippen molar-refractivity contribution in [2.75, 3.05) is 18.0 Å². The first-order valence-electron chi connectivity index (χ1n) is 7.40. The van der Waals surface area contributed by atoms with Crippen molar-refractivity contribution in [3.63, 3.8) is 0 Å². The second kappa shape index (κ2) is 7.20. The lowest BCUT2D eigenvalue weighted by Gasteiger charge is -2.23. The lowest BCUT2D eigenvalue weighted by Crippen LogP contribution is -2.40. The summed E-state index contributed by atoms with van der Waals surface area (Å²) in [7, 11) is 0. The molecule has 1 aromatic heterocycles. The molecule has 0 aliphatic carbocycles. The van der Waals surface area contributed by atoms with Crippen molar-refractivity contribution >= 4 is 17.9 Å². The number of amides is 3. The Morgan fingerprint density at radius 1 is 1.18 bits per heavy atom. The molecule has 1 fully saturated rings. The van der Waals surface area contributed by atoms with Gasteiger partial charge in [0.2, 0.25) is 0 Å². The zero-order valence-electron chi connectivity index (χ0n) is 14.1. The van der Waals surface area contributed by atoms with Crippen molar-refractivity contribution in [3.05, 3.63) is 17.8 Å². The van der Waals surface area contributed by atoms with Gasteiger partial charge in [-0.05, 0) is 39.8 Å². The van der Waals surface area contributed by atoms with E-state index < -0.39 is 17.7 Å². The molecule has 0 unspecified atom stereocenters. The number of imide groups is 1. The van der Waals surface area contributed by atoms with Crippen molar-refractivity contribution in [2.45, 2.75) is 47.1 Å². The van der Waals surface area contributed by atoms with E-state index >= 15 is 0 Å². The van der Waals surface area contributed by atoms with Gasteiger partial charge in [0, 0.05) is 6.54 Å². The molecule has 0 N–H and O–H groups in total. The van der Waals surface area contributed by atoms with Crippen LogP contribution in [0.15, 0.2) is 12.1 Å². The highest BCUT2D eigenvalue weighted by Gasteiger charge is 2.37. The van der Waals surface area contributed by atoms with Crippen LogP contribution < -0.4 is 4.90 Å². The number of rotatable bonds is 1. The van der Waals surface area contributed by atoms with Crippen LogP contribution in [0, 0.1) is 6.92 Å². The number of ether oxygens (including phenoxy) is 1. The second-order valence-electron chi connectivity index (χ2n) is 5.60. The molecular formula is C15H24N4O3. The molecule has 1 aliphatic rings. The average molecular weight is 308 g/mol. The molecule has 2 rings (SSSR count). The average Bonchev–Trinajstić information content (AvgIpc) is 2.82. The summed E-state index contributed by atoms with van der Waals surface area (Å²) < 4.78 is 5.20. The van der Waals surface area contributed by atoms with Crippen LogP contribution in [0.4, 0.5) is 15.4 Å². The first kappa shape index (κ1) is 17.9. The summed E-state index contributed by atoms with van der Waals surface area (Å²) in [6.45, 7) is 11.8. The summed E-state index contributed by atoms with van der Waals surface area (Å²) >= 11 is 0. The fraction of sp³-hybridized carbons (Fsp3) is 0.600. The van der Waals surface area contributed by atoms with Crippen LogP contribution >= 0.6 is 0 Å². The molecule has 22 heavy (non-hydrogen) atoms. The number of aryl methyl sites for hydroxylation is 1. The molecular weight excluding hydrogens is 284 g/mol. The Kier molecular flexibility index (Phi) is 5.84. The predicted molar refractivity (Wildman–Crippen MR) is 83.8 cm³/mol. The first-order valence-corrected chi connectivity index (χ1v) is 7.40. The number of carbonyl (C=O) groups is 2. The molecule has 0 aromatic carbocycles. The van der Waals surface area contributed by atoms with Crippen LogP contribution in [0.25, 0.3) is 0 Å². The van der Waals surface area contributed by atoms with Crippen molar-refractivity contribution in [3.8, 4) is 0 Å². The van der Waals surface area contributed by atoms with E-state index in [1.807, 2.05) is 20.8 Å². The molecule has 0 radical (unpaired) electrons. The van der Waals surface area contributed by atoms with Gasteiger partial charge in [0.25, 0.3) is 0 Å². The lowest BCUT2D eigenvalue weighted by atomic mass is 10.2. The summed E-state index contributed by atoms with van der Waals surface area (Å²) in [6, 6.07) is 3.04. The van der Waals surface area contributed by atoms with Crippen LogP contribution in [0.5, 0.6) is 0 Å². The van der Waals surface area contributed by atoms with Crippen molar-refractivity contribution in [1.82, 2.24) is 15.1 Å². The van der Waals surface area contributed by atoms with Crippen LogP contribution in [0.3, 0.4) is 0 Å². The SMILES string of the molecule is CC.Cc1ccc(N2CCN(C(=O)OC(C)(C)C)C2=O)nn1. The zero-order chi connectivity index (χ0) is 16.9. The van der Waals surface area contributed by atoms with E-state index in [1.165, 1.54) is 4.90 Å². The third-order valence-corrected chi connectivity index (χ3v) is 2.68. The number of urea groups is 1. The third kappa shape index (κ3) is 4.41. The van der Waals surface area contributed by atoms with E-state index in [-0.39, 0.29) is 6.54 Å². The van der Waals surface area contributed by atoms with E-state index in [0.29, 0.717) is 12.4 Å². The van der Waals surface area contributed by atoms with Gasteiger partial charge in [-0.2, -0.15) is 5.10 Å². The Balaban J connectivity index is 0.00000116. The molecule has 7 heteroatoms.